The van der Waals surface area contributed by atoms with Crippen LogP contribution in [0.2, 0.25) is 5.02 Å². The second-order valence-electron chi connectivity index (χ2n) is 2.33. The van der Waals surface area contributed by atoms with Gasteiger partial charge in [0.1, 0.15) is 10.1 Å². The molecule has 0 heterocycles. The number of hydrogen-bond donors (Lipinski definition) is 1. The Morgan fingerprint density at radius 3 is 2.20 bits per heavy atom. The quantitative estimate of drug-likeness (QED) is 0.359. The van der Waals surface area contributed by atoms with E-state index in [1.54, 1.807) is 0 Å². The molecule has 0 unspecified atom stereocenters. The van der Waals surface area contributed by atoms with E-state index in [4.69, 9.17) is 11.6 Å². The van der Waals surface area contributed by atoms with Crippen LogP contribution in [0.25, 0.3) is 0 Å². The molecule has 0 saturated heterocycles. The summed E-state index contributed by atoms with van der Waals surface area (Å²) in [6.07, 6.45) is 0. The van der Waals surface area contributed by atoms with Crippen molar-refractivity contribution in [1.82, 2.24) is 0 Å². The SMILES string of the molecule is O=[SH](=O)c1ccc(Cl)c(S(=O)(=O)[O-])c1.[Na+]. The summed E-state index contributed by atoms with van der Waals surface area (Å²) in [6.45, 7) is 0. The van der Waals surface area contributed by atoms with Crippen LogP contribution in [-0.4, -0.2) is 21.4 Å². The van der Waals surface area contributed by atoms with E-state index in [1.807, 2.05) is 0 Å². The van der Waals surface area contributed by atoms with Crippen molar-refractivity contribution < 1.29 is 50.9 Å². The Bertz CT molecular complexity index is 528. The molecule has 1 aromatic carbocycles. The van der Waals surface area contributed by atoms with E-state index < -0.39 is 25.7 Å². The number of hydrogen-bond acceptors (Lipinski definition) is 5. The summed E-state index contributed by atoms with van der Waals surface area (Å²) in [5, 5.41) is -0.291. The van der Waals surface area contributed by atoms with Crippen LogP contribution < -0.4 is 29.6 Å². The van der Waals surface area contributed by atoms with Gasteiger partial charge in [-0.15, -0.1) is 0 Å². The van der Waals surface area contributed by atoms with Gasteiger partial charge in [-0.25, -0.2) is 16.8 Å². The van der Waals surface area contributed by atoms with Gasteiger partial charge in [0, 0.05) is 0 Å². The zero-order chi connectivity index (χ0) is 10.9. The average molecular weight is 279 g/mol. The van der Waals surface area contributed by atoms with Crippen molar-refractivity contribution in [3.63, 3.8) is 0 Å². The molecule has 15 heavy (non-hydrogen) atoms. The fraction of sp³-hybridized carbons (Fsp3) is 0. The third-order valence-electron chi connectivity index (χ3n) is 1.39. The van der Waals surface area contributed by atoms with Gasteiger partial charge in [0.2, 0.25) is 0 Å². The molecule has 0 aromatic heterocycles. The van der Waals surface area contributed by atoms with E-state index >= 15 is 0 Å². The Hall–Kier alpha value is 0.370. The first-order valence-corrected chi connectivity index (χ1v) is 6.18. The summed E-state index contributed by atoms with van der Waals surface area (Å²) in [7, 11) is -7.67. The van der Waals surface area contributed by atoms with Gasteiger partial charge in [-0.05, 0) is 18.2 Å². The molecule has 5 nitrogen and oxygen atoms in total. The first-order valence-electron chi connectivity index (χ1n) is 3.22. The molecule has 1 aromatic rings. The first-order chi connectivity index (χ1) is 6.32. The summed E-state index contributed by atoms with van der Waals surface area (Å²) in [4.78, 5) is -0.991. The van der Waals surface area contributed by atoms with Gasteiger partial charge >= 0.3 is 29.6 Å². The largest absolute Gasteiger partial charge is 1.00 e. The van der Waals surface area contributed by atoms with Gasteiger partial charge < -0.3 is 4.55 Å². The van der Waals surface area contributed by atoms with E-state index in [9.17, 15) is 21.4 Å². The fourth-order valence-electron chi connectivity index (χ4n) is 0.797. The molecule has 0 aliphatic heterocycles. The van der Waals surface area contributed by atoms with Gasteiger partial charge in [0.05, 0.1) is 14.8 Å². The summed E-state index contributed by atoms with van der Waals surface area (Å²) >= 11 is 5.41. The van der Waals surface area contributed by atoms with E-state index in [0.29, 0.717) is 0 Å². The molecule has 1 rings (SSSR count). The van der Waals surface area contributed by atoms with Crippen molar-refractivity contribution in [3.05, 3.63) is 23.2 Å². The molecule has 0 aliphatic rings. The monoisotopic (exact) mass is 278 g/mol. The normalized spacial score (nSPS) is 11.1. The van der Waals surface area contributed by atoms with Gasteiger partial charge in [-0.3, -0.25) is 0 Å². The third kappa shape index (κ3) is 4.03. The minimum atomic E-state index is -4.74. The predicted octanol–water partition coefficient (Wildman–Crippen LogP) is -2.78. The minimum Gasteiger partial charge on any atom is -0.744 e. The molecule has 0 atom stereocenters. The van der Waals surface area contributed by atoms with Crippen LogP contribution >= 0.6 is 11.6 Å². The molecule has 0 spiro atoms. The molecular weight excluding hydrogens is 275 g/mol. The third-order valence-corrected chi connectivity index (χ3v) is 3.41. The zero-order valence-corrected chi connectivity index (χ0v) is 12.0. The fourth-order valence-corrected chi connectivity index (χ4v) is 2.29. The van der Waals surface area contributed by atoms with E-state index in [0.717, 1.165) is 18.2 Å². The second-order valence-corrected chi connectivity index (χ2v) is 5.11. The summed E-state index contributed by atoms with van der Waals surface area (Å²) in [6, 6.07) is 2.89. The van der Waals surface area contributed by atoms with Crippen LogP contribution in [0.1, 0.15) is 0 Å². The maximum Gasteiger partial charge on any atom is 1.00 e. The topological polar surface area (TPSA) is 91.3 Å². The Morgan fingerprint density at radius 1 is 1.27 bits per heavy atom. The van der Waals surface area contributed by atoms with Crippen molar-refractivity contribution in [1.29, 1.82) is 0 Å². The molecule has 0 N–H and O–H groups in total. The molecule has 78 valence electrons. The standard InChI is InChI=1S/C6H5ClO5S2.Na/c7-5-2-1-4(13(8)9)3-6(5)14(10,11)12;/h1-3,13H,(H,10,11,12);/q;+1/p-1. The van der Waals surface area contributed by atoms with Crippen LogP contribution in [0.5, 0.6) is 0 Å². The van der Waals surface area contributed by atoms with Crippen molar-refractivity contribution >= 4 is 32.4 Å². The average Bonchev–Trinajstić information content (AvgIpc) is 2.02. The Kier molecular flexibility index (Phi) is 5.76. The minimum absolute atomic E-state index is 0. The van der Waals surface area contributed by atoms with E-state index in [-0.39, 0.29) is 39.5 Å². The van der Waals surface area contributed by atoms with Crippen molar-refractivity contribution in [2.45, 2.75) is 9.79 Å². The maximum absolute atomic E-state index is 10.6. The molecule has 0 fully saturated rings. The van der Waals surface area contributed by atoms with Crippen LogP contribution in [0.15, 0.2) is 28.0 Å². The second kappa shape index (κ2) is 5.62. The summed E-state index contributed by atoms with van der Waals surface area (Å²) < 4.78 is 52.8. The van der Waals surface area contributed by atoms with E-state index in [1.165, 1.54) is 0 Å². The van der Waals surface area contributed by atoms with Crippen molar-refractivity contribution in [3.8, 4) is 0 Å². The summed E-state index contributed by atoms with van der Waals surface area (Å²) in [5.74, 6) is 0. The number of halogens is 1. The van der Waals surface area contributed by atoms with Gasteiger partial charge in [0.15, 0.2) is 10.7 Å². The molecule has 9 heteroatoms. The molecule has 0 amide bonds. The molecule has 0 bridgehead atoms. The smallest absolute Gasteiger partial charge is 0.744 e. The predicted molar refractivity (Wildman–Crippen MR) is 48.0 cm³/mol. The van der Waals surface area contributed by atoms with Crippen LogP contribution in [-0.2, 0) is 20.8 Å². The molecule has 0 saturated carbocycles. The number of thiol groups is 1. The van der Waals surface area contributed by atoms with Gasteiger partial charge in [0.25, 0.3) is 0 Å². The Labute approximate surface area is 115 Å². The van der Waals surface area contributed by atoms with Crippen LogP contribution in [0.4, 0.5) is 0 Å². The molecular formula is C6H4ClNaO5S2. The summed E-state index contributed by atoms with van der Waals surface area (Å²) in [5.41, 5.74) is 0. The first kappa shape index (κ1) is 15.4. The molecule has 0 radical (unpaired) electrons. The van der Waals surface area contributed by atoms with Crippen LogP contribution in [0.3, 0.4) is 0 Å². The van der Waals surface area contributed by atoms with Crippen molar-refractivity contribution in [2.75, 3.05) is 0 Å². The van der Waals surface area contributed by atoms with Gasteiger partial charge in [-0.2, -0.15) is 0 Å². The van der Waals surface area contributed by atoms with Crippen molar-refractivity contribution in [2.24, 2.45) is 0 Å². The van der Waals surface area contributed by atoms with E-state index in [2.05, 4.69) is 0 Å². The number of rotatable bonds is 2. The van der Waals surface area contributed by atoms with Crippen LogP contribution in [0, 0.1) is 0 Å². The Morgan fingerprint density at radius 2 is 1.80 bits per heavy atom. The molecule has 0 aliphatic carbocycles. The zero-order valence-electron chi connectivity index (χ0n) is 7.51. The Balaban J connectivity index is 0.00000196. The number of benzene rings is 1. The van der Waals surface area contributed by atoms with Gasteiger partial charge in [-0.1, -0.05) is 11.6 Å². The maximum atomic E-state index is 10.6.